The standard InChI is InChI=1S/C64H75N11O13SSi/c1-32-54(78)68-46-27-44-39-11-7-8-12-45(39)71-61(44)89-30-48(62(85)75-29-38(77)26-49(75)59(83)67-32)70-60(84)53(34(3)76)72-55(79)33(2)66-58(82)47(69-57(46)81)28-64(4,88)31-65-56(80)35-13-16-40(63(86)87)43(23-35)52-41-17-14-36(73-19-9-20-73)24-50(41)90(5,6)51-25-37(15-18-42(51)52)74-21-10-22-74/h7-8,11-18,23-25,32-34,38,46-49,53,71,76-77,88H,9-10,19-22,26-31H2,1-6H3,(H7-,65,66,67,68,69,70,72,78,79,80,81,82,83,84,86,87)/p+1/t32-,33-,34-,38+,46-,47-,48-,49-,53+,64+/m0/s1. The van der Waals surface area contributed by atoms with Crippen LogP contribution in [0.3, 0.4) is 0 Å². The zero-order chi connectivity index (χ0) is 64.2. The predicted octanol–water partition coefficient (Wildman–Crippen LogP) is 0.224. The van der Waals surface area contributed by atoms with E-state index in [1.165, 1.54) is 45.9 Å². The average molecular weight is 1270 g/mol. The van der Waals surface area contributed by atoms with Crippen molar-refractivity contribution < 1.29 is 68.2 Å². The maximum Gasteiger partial charge on any atom is 0.336 e. The first-order valence-corrected chi connectivity index (χ1v) is 34.5. The van der Waals surface area contributed by atoms with Crippen LogP contribution in [0.2, 0.25) is 13.1 Å². The van der Waals surface area contributed by atoms with Gasteiger partial charge in [0.15, 0.2) is 5.71 Å². The highest BCUT2D eigenvalue weighted by Gasteiger charge is 2.46. The van der Waals surface area contributed by atoms with Gasteiger partial charge < -0.3 is 72.4 Å². The molecule has 24 nitrogen and oxygen atoms in total. The van der Waals surface area contributed by atoms with Gasteiger partial charge in [-0.25, -0.2) is 9.37 Å². The minimum atomic E-state index is -2.45. The van der Waals surface area contributed by atoms with Crippen molar-refractivity contribution in [3.63, 3.8) is 0 Å². The summed E-state index contributed by atoms with van der Waals surface area (Å²) in [5.74, 6) is -8.54. The molecule has 1 aromatic heterocycles. The summed E-state index contributed by atoms with van der Waals surface area (Å²) in [5.41, 5.74) is 3.97. The molecule has 10 atom stereocenters. The molecular weight excluding hydrogens is 1190 g/mol. The maximum atomic E-state index is 15.1. The maximum absolute atomic E-state index is 15.1. The Kier molecular flexibility index (Phi) is 17.6. The van der Waals surface area contributed by atoms with Crippen molar-refractivity contribution in [3.8, 4) is 0 Å². The number of H-pyrrole nitrogens is 1. The third-order valence-electron chi connectivity index (χ3n) is 18.3. The van der Waals surface area contributed by atoms with Crippen LogP contribution in [0, 0.1) is 0 Å². The molecule has 11 rings (SSSR count). The molecule has 0 saturated carbocycles. The van der Waals surface area contributed by atoms with Gasteiger partial charge in [0, 0.05) is 85.5 Å². The minimum absolute atomic E-state index is 0.0323. The first kappa shape index (κ1) is 63.1. The van der Waals surface area contributed by atoms with Crippen LogP contribution in [-0.2, 0) is 40.0 Å². The number of hydrogen-bond donors (Lipinski definition) is 12. The highest BCUT2D eigenvalue weighted by Crippen LogP contribution is 2.44. The average Bonchev–Trinajstić information content (AvgIpc) is 0.972. The van der Waals surface area contributed by atoms with E-state index in [-0.39, 0.29) is 36.3 Å². The number of hydrogen-bond acceptors (Lipinski definition) is 14. The molecular formula is C64H76N11O13SSi+. The number of aromatic nitrogens is 1. The highest BCUT2D eigenvalue weighted by molar-refractivity contribution is 7.99. The van der Waals surface area contributed by atoms with E-state index in [1.54, 1.807) is 24.3 Å². The van der Waals surface area contributed by atoms with Crippen molar-refractivity contribution >= 4 is 106 Å². The topological polar surface area (TPSA) is 344 Å². The van der Waals surface area contributed by atoms with Crippen molar-refractivity contribution in [3.05, 3.63) is 117 Å². The van der Waals surface area contributed by atoms with E-state index in [0.29, 0.717) is 32.6 Å². The molecule has 4 aromatic rings. The van der Waals surface area contributed by atoms with Gasteiger partial charge in [-0.05, 0) is 115 Å². The van der Waals surface area contributed by atoms with Crippen LogP contribution in [0.15, 0.2) is 94.7 Å². The van der Waals surface area contributed by atoms with Crippen LogP contribution >= 0.6 is 11.8 Å². The van der Waals surface area contributed by atoms with Gasteiger partial charge in [0.1, 0.15) is 63.5 Å². The number of aliphatic hydroxyl groups excluding tert-OH is 2. The summed E-state index contributed by atoms with van der Waals surface area (Å²) in [7, 11) is -2.45. The lowest BCUT2D eigenvalue weighted by atomic mass is 9.86. The van der Waals surface area contributed by atoms with Crippen LogP contribution in [0.5, 0.6) is 0 Å². The molecule has 3 aromatic carbocycles. The number of amides is 8. The summed E-state index contributed by atoms with van der Waals surface area (Å²) in [6.45, 7) is 12.7. The number of nitrogens with one attached hydrogen (secondary N) is 8. The molecule has 7 aliphatic rings. The second-order valence-corrected chi connectivity index (χ2v) is 30.7. The summed E-state index contributed by atoms with van der Waals surface area (Å²) < 4.78 is 2.32. The number of carbonyl (C=O) groups excluding carboxylic acids is 8. The molecule has 90 heavy (non-hydrogen) atoms. The van der Waals surface area contributed by atoms with Crippen LogP contribution in [0.4, 0.5) is 5.69 Å². The quantitative estimate of drug-likeness (QED) is 0.0788. The number of thioether (sulfide) groups is 1. The van der Waals surface area contributed by atoms with Crippen molar-refractivity contribution in [1.29, 1.82) is 0 Å². The predicted molar refractivity (Wildman–Crippen MR) is 338 cm³/mol. The number of para-hydroxylation sites is 1. The fourth-order valence-electron chi connectivity index (χ4n) is 12.9. The molecule has 0 radical (unpaired) electrons. The monoisotopic (exact) mass is 1270 g/mol. The lowest BCUT2D eigenvalue weighted by Gasteiger charge is -2.40. The summed E-state index contributed by atoms with van der Waals surface area (Å²) in [6.07, 6.45) is 4.67. The molecule has 7 heterocycles. The number of carboxylic acids is 1. The van der Waals surface area contributed by atoms with E-state index in [0.717, 1.165) is 88.6 Å². The second-order valence-electron chi connectivity index (χ2n) is 25.4. The molecule has 1 aliphatic carbocycles. The normalized spacial score (nSPS) is 26.7. The molecule has 6 aliphatic heterocycles. The molecule has 474 valence electrons. The smallest absolute Gasteiger partial charge is 0.336 e. The number of fused-ring (bicyclic) bond motifs is 7. The van der Waals surface area contributed by atoms with Gasteiger partial charge in [-0.1, -0.05) is 37.4 Å². The van der Waals surface area contributed by atoms with Crippen molar-refractivity contribution in [2.45, 2.75) is 138 Å². The van der Waals surface area contributed by atoms with E-state index in [1.807, 2.05) is 0 Å². The van der Waals surface area contributed by atoms with Gasteiger partial charge in [0.25, 0.3) is 5.91 Å². The number of anilines is 1. The Hall–Kier alpha value is -8.43. The van der Waals surface area contributed by atoms with Crippen molar-refractivity contribution in [2.75, 3.05) is 49.9 Å². The Bertz CT molecular complexity index is 3810. The van der Waals surface area contributed by atoms with Crippen LogP contribution in [0.1, 0.15) is 90.8 Å². The molecule has 2 bridgehead atoms. The number of rotatable bonds is 9. The Morgan fingerprint density at radius 1 is 0.822 bits per heavy atom. The molecule has 0 unspecified atom stereocenters. The van der Waals surface area contributed by atoms with Crippen molar-refractivity contribution in [2.24, 2.45) is 0 Å². The van der Waals surface area contributed by atoms with E-state index < -0.39 is 134 Å². The van der Waals surface area contributed by atoms with Crippen LogP contribution in [0.25, 0.3) is 16.5 Å². The minimum Gasteiger partial charge on any atom is -0.478 e. The summed E-state index contributed by atoms with van der Waals surface area (Å²) in [5, 5.41) is 66.7. The van der Waals surface area contributed by atoms with E-state index >= 15 is 4.79 Å². The Labute approximate surface area is 524 Å². The summed E-state index contributed by atoms with van der Waals surface area (Å²) in [6, 6.07) is 7.14. The van der Waals surface area contributed by atoms with E-state index in [4.69, 9.17) is 0 Å². The van der Waals surface area contributed by atoms with Crippen LogP contribution < -0.4 is 47.3 Å². The number of carboxylic acid groups (broad SMARTS) is 1. The number of nitrogens with zero attached hydrogens (tertiary/aromatic N) is 3. The Morgan fingerprint density at radius 3 is 2.22 bits per heavy atom. The molecule has 12 N–H and O–H groups in total. The number of carbonyl (C=O) groups is 9. The van der Waals surface area contributed by atoms with Gasteiger partial charge in [0.2, 0.25) is 41.4 Å². The number of aromatic amines is 1. The van der Waals surface area contributed by atoms with Gasteiger partial charge in [-0.2, -0.15) is 0 Å². The first-order valence-electron chi connectivity index (χ1n) is 30.5. The number of benzene rings is 3. The lowest BCUT2D eigenvalue weighted by Crippen LogP contribution is -2.62. The van der Waals surface area contributed by atoms with Gasteiger partial charge in [-0.3, -0.25) is 38.4 Å². The zero-order valence-corrected chi connectivity index (χ0v) is 52.7. The molecule has 0 spiro atoms. The highest BCUT2D eigenvalue weighted by atomic mass is 32.2. The second kappa shape index (κ2) is 25.1. The molecule has 8 amide bonds. The van der Waals surface area contributed by atoms with E-state index in [2.05, 4.69) is 101 Å². The fourth-order valence-corrected chi connectivity index (χ4v) is 17.0. The summed E-state index contributed by atoms with van der Waals surface area (Å²) in [4.78, 5) is 136. The Morgan fingerprint density at radius 2 is 1.53 bits per heavy atom. The first-order chi connectivity index (χ1) is 42.8. The Balaban J connectivity index is 0.924. The van der Waals surface area contributed by atoms with Gasteiger partial charge in [-0.15, -0.1) is 11.8 Å². The third kappa shape index (κ3) is 12.6. The lowest BCUT2D eigenvalue weighted by molar-refractivity contribution is -0.582. The van der Waals surface area contributed by atoms with E-state index in [9.17, 15) is 58.8 Å². The van der Waals surface area contributed by atoms with Crippen molar-refractivity contribution in [1.82, 2.24) is 47.1 Å². The van der Waals surface area contributed by atoms with Crippen LogP contribution in [-0.4, -0.2) is 207 Å². The molecule has 3 fully saturated rings. The number of aliphatic hydroxyl groups is 3. The van der Waals surface area contributed by atoms with Gasteiger partial charge in [0.05, 0.1) is 34.8 Å². The number of aromatic carboxylic acids is 1. The number of allylic oxidation sites excluding steroid dienone is 5. The fraction of sp³-hybridized carbons (Fsp3) is 0.438. The zero-order valence-electron chi connectivity index (χ0n) is 50.9. The molecule has 26 heteroatoms. The van der Waals surface area contributed by atoms with Gasteiger partial charge >= 0.3 is 5.97 Å². The molecule has 3 saturated heterocycles. The SMILES string of the molecule is C[C@@H]1NC(=O)[C@H](C[C@@](C)(O)CNC(=O)c2ccc(C(=O)O)c(C3=C4C=CC(=[N+]5CCC5)C=C4[Si](C)(C)c4cc(N5CCC5)ccc43)c2)NC(=O)[C@@H]2Cc3c([nH]c4ccccc34)SC[C@H](NC(=O)[C@@H]([C@H](C)O)NC1=O)C(=O)N1C[C@H](O)C[C@H]1C(=O)N[C@@H](C)C(=O)N2. The largest absolute Gasteiger partial charge is 0.478 e. The third-order valence-corrected chi connectivity index (χ3v) is 22.9. The summed E-state index contributed by atoms with van der Waals surface area (Å²) >= 11 is 1.06.